The molecule has 1 aromatic carbocycles. The molecule has 1 heterocycles. The minimum absolute atomic E-state index is 0.117. The van der Waals surface area contributed by atoms with Crippen LogP contribution >= 0.6 is 0 Å². The molecule has 0 saturated carbocycles. The maximum Gasteiger partial charge on any atom is 0.339 e. The predicted octanol–water partition coefficient (Wildman–Crippen LogP) is 2.34. The lowest BCUT2D eigenvalue weighted by atomic mass is 10.1. The topological polar surface area (TPSA) is 65.0 Å². The first-order valence-corrected chi connectivity index (χ1v) is 6.46. The summed E-state index contributed by atoms with van der Waals surface area (Å²) in [5.74, 6) is -0.256. The van der Waals surface area contributed by atoms with Crippen molar-refractivity contribution >= 4 is 5.97 Å². The van der Waals surface area contributed by atoms with Crippen LogP contribution in [0.3, 0.4) is 0 Å². The van der Waals surface area contributed by atoms with E-state index in [0.29, 0.717) is 24.7 Å². The van der Waals surface area contributed by atoms with Gasteiger partial charge in [-0.15, -0.1) is 0 Å². The third kappa shape index (κ3) is 3.38. The van der Waals surface area contributed by atoms with Crippen molar-refractivity contribution in [1.82, 2.24) is 0 Å². The average molecular weight is 266 g/mol. The standard InChI is InChI=1S/C14H18O5/c1-2-18-12-7-3-6-11(14(15)16)13(12)19-10-5-4-8-17-9-10/h3,6-7,10H,2,4-5,8-9H2,1H3,(H,15,16). The highest BCUT2D eigenvalue weighted by atomic mass is 16.6. The van der Waals surface area contributed by atoms with Crippen molar-refractivity contribution in [3.8, 4) is 11.5 Å². The number of carbonyl (C=O) groups is 1. The molecule has 1 aromatic rings. The first kappa shape index (κ1) is 13.7. The van der Waals surface area contributed by atoms with Crippen molar-refractivity contribution in [2.24, 2.45) is 0 Å². The van der Waals surface area contributed by atoms with Gasteiger partial charge in [0.05, 0.1) is 13.2 Å². The largest absolute Gasteiger partial charge is 0.490 e. The van der Waals surface area contributed by atoms with E-state index in [1.165, 1.54) is 6.07 Å². The van der Waals surface area contributed by atoms with Gasteiger partial charge >= 0.3 is 5.97 Å². The summed E-state index contributed by atoms with van der Waals surface area (Å²) < 4.78 is 16.6. The van der Waals surface area contributed by atoms with E-state index in [9.17, 15) is 9.90 Å². The molecule has 2 rings (SSSR count). The second kappa shape index (κ2) is 6.43. The Hall–Kier alpha value is -1.75. The molecule has 1 fully saturated rings. The zero-order valence-corrected chi connectivity index (χ0v) is 10.9. The lowest BCUT2D eigenvalue weighted by Crippen LogP contribution is -2.28. The molecule has 0 spiro atoms. The van der Waals surface area contributed by atoms with Gasteiger partial charge in [0.1, 0.15) is 11.7 Å². The van der Waals surface area contributed by atoms with E-state index in [1.807, 2.05) is 6.92 Å². The smallest absolute Gasteiger partial charge is 0.339 e. The van der Waals surface area contributed by atoms with Gasteiger partial charge in [-0.05, 0) is 31.9 Å². The molecule has 0 amide bonds. The van der Waals surface area contributed by atoms with Gasteiger partial charge in [-0.1, -0.05) is 6.07 Å². The molecule has 0 aliphatic carbocycles. The highest BCUT2D eigenvalue weighted by Crippen LogP contribution is 2.33. The first-order chi connectivity index (χ1) is 9.22. The molecule has 1 N–H and O–H groups in total. The Bertz CT molecular complexity index is 437. The maximum atomic E-state index is 11.3. The summed E-state index contributed by atoms with van der Waals surface area (Å²) in [5, 5.41) is 9.22. The molecular formula is C14H18O5. The number of carboxylic acids is 1. The molecule has 5 nitrogen and oxygen atoms in total. The van der Waals surface area contributed by atoms with Crippen molar-refractivity contribution in [2.45, 2.75) is 25.9 Å². The van der Waals surface area contributed by atoms with Gasteiger partial charge in [0.15, 0.2) is 11.5 Å². The van der Waals surface area contributed by atoms with E-state index >= 15 is 0 Å². The van der Waals surface area contributed by atoms with E-state index in [4.69, 9.17) is 14.2 Å². The number of rotatable bonds is 5. The fraction of sp³-hybridized carbons (Fsp3) is 0.500. The molecule has 1 atom stereocenters. The number of hydrogen-bond acceptors (Lipinski definition) is 4. The van der Waals surface area contributed by atoms with Gasteiger partial charge in [0.25, 0.3) is 0 Å². The monoisotopic (exact) mass is 266 g/mol. The van der Waals surface area contributed by atoms with E-state index in [0.717, 1.165) is 19.4 Å². The minimum atomic E-state index is -1.02. The Balaban J connectivity index is 2.25. The van der Waals surface area contributed by atoms with Crippen molar-refractivity contribution in [2.75, 3.05) is 19.8 Å². The highest BCUT2D eigenvalue weighted by molar-refractivity contribution is 5.92. The number of benzene rings is 1. The number of aromatic carboxylic acids is 1. The van der Waals surface area contributed by atoms with Gasteiger partial charge < -0.3 is 19.3 Å². The number of carboxylic acid groups (broad SMARTS) is 1. The van der Waals surface area contributed by atoms with Gasteiger partial charge in [-0.3, -0.25) is 0 Å². The van der Waals surface area contributed by atoms with Crippen LogP contribution in [0.15, 0.2) is 18.2 Å². The SMILES string of the molecule is CCOc1cccc(C(=O)O)c1OC1CCCOC1. The van der Waals surface area contributed by atoms with Crippen LogP contribution in [0.1, 0.15) is 30.1 Å². The molecule has 19 heavy (non-hydrogen) atoms. The van der Waals surface area contributed by atoms with E-state index < -0.39 is 5.97 Å². The fourth-order valence-corrected chi connectivity index (χ4v) is 2.05. The summed E-state index contributed by atoms with van der Waals surface area (Å²) >= 11 is 0. The van der Waals surface area contributed by atoms with Crippen molar-refractivity contribution in [1.29, 1.82) is 0 Å². The number of para-hydroxylation sites is 1. The van der Waals surface area contributed by atoms with Crippen molar-refractivity contribution < 1.29 is 24.1 Å². The van der Waals surface area contributed by atoms with E-state index in [1.54, 1.807) is 12.1 Å². The Morgan fingerprint density at radius 1 is 1.53 bits per heavy atom. The molecule has 0 radical (unpaired) electrons. The van der Waals surface area contributed by atoms with E-state index in [2.05, 4.69) is 0 Å². The molecular weight excluding hydrogens is 248 g/mol. The number of hydrogen-bond donors (Lipinski definition) is 1. The van der Waals surface area contributed by atoms with Crippen LogP contribution in [-0.4, -0.2) is 37.0 Å². The summed E-state index contributed by atoms with van der Waals surface area (Å²) in [6.45, 7) is 3.53. The Kier molecular flexibility index (Phi) is 4.63. The average Bonchev–Trinajstić information content (AvgIpc) is 2.42. The Morgan fingerprint density at radius 3 is 3.00 bits per heavy atom. The van der Waals surface area contributed by atoms with Gasteiger partial charge in [0.2, 0.25) is 0 Å². The first-order valence-electron chi connectivity index (χ1n) is 6.46. The molecule has 104 valence electrons. The number of ether oxygens (including phenoxy) is 3. The van der Waals surface area contributed by atoms with Crippen LogP contribution in [0.4, 0.5) is 0 Å². The van der Waals surface area contributed by atoms with Gasteiger partial charge in [-0.2, -0.15) is 0 Å². The molecule has 1 aliphatic rings. The van der Waals surface area contributed by atoms with Crippen LogP contribution in [0.25, 0.3) is 0 Å². The van der Waals surface area contributed by atoms with Crippen LogP contribution in [0.2, 0.25) is 0 Å². The molecule has 1 unspecified atom stereocenters. The second-order valence-electron chi connectivity index (χ2n) is 4.33. The van der Waals surface area contributed by atoms with E-state index in [-0.39, 0.29) is 11.7 Å². The summed E-state index contributed by atoms with van der Waals surface area (Å²) in [6.07, 6.45) is 1.66. The lowest BCUT2D eigenvalue weighted by Gasteiger charge is -2.25. The predicted molar refractivity (Wildman–Crippen MR) is 69.0 cm³/mol. The van der Waals surface area contributed by atoms with Crippen LogP contribution < -0.4 is 9.47 Å². The second-order valence-corrected chi connectivity index (χ2v) is 4.33. The van der Waals surface area contributed by atoms with Crippen molar-refractivity contribution in [3.05, 3.63) is 23.8 Å². The zero-order chi connectivity index (χ0) is 13.7. The lowest BCUT2D eigenvalue weighted by molar-refractivity contribution is 0.00557. The normalized spacial score (nSPS) is 18.9. The summed E-state index contributed by atoms with van der Waals surface area (Å²) in [7, 11) is 0. The molecule has 0 bridgehead atoms. The quantitative estimate of drug-likeness (QED) is 0.886. The summed E-state index contributed by atoms with van der Waals surface area (Å²) in [6, 6.07) is 4.89. The van der Waals surface area contributed by atoms with Gasteiger partial charge in [-0.25, -0.2) is 4.79 Å². The third-order valence-electron chi connectivity index (χ3n) is 2.91. The van der Waals surface area contributed by atoms with Crippen LogP contribution in [0, 0.1) is 0 Å². The zero-order valence-electron chi connectivity index (χ0n) is 10.9. The fourth-order valence-electron chi connectivity index (χ4n) is 2.05. The molecule has 1 aliphatic heterocycles. The Labute approximate surface area is 112 Å². The van der Waals surface area contributed by atoms with Crippen LogP contribution in [0.5, 0.6) is 11.5 Å². The minimum Gasteiger partial charge on any atom is -0.490 e. The third-order valence-corrected chi connectivity index (χ3v) is 2.91. The maximum absolute atomic E-state index is 11.3. The summed E-state index contributed by atoms with van der Waals surface area (Å²) in [4.78, 5) is 11.3. The molecule has 1 saturated heterocycles. The van der Waals surface area contributed by atoms with Crippen molar-refractivity contribution in [3.63, 3.8) is 0 Å². The molecule has 5 heteroatoms. The molecule has 0 aromatic heterocycles. The van der Waals surface area contributed by atoms with Crippen LogP contribution in [-0.2, 0) is 4.74 Å². The summed E-state index contributed by atoms with van der Waals surface area (Å²) in [5.41, 5.74) is 0.122. The highest BCUT2D eigenvalue weighted by Gasteiger charge is 2.22. The Morgan fingerprint density at radius 2 is 2.37 bits per heavy atom. The van der Waals surface area contributed by atoms with Gasteiger partial charge in [0, 0.05) is 6.61 Å².